The normalized spacial score (nSPS) is 20.0. The van der Waals surface area contributed by atoms with E-state index in [0.717, 1.165) is 13.0 Å². The van der Waals surface area contributed by atoms with E-state index in [9.17, 15) is 0 Å². The second-order valence-corrected chi connectivity index (χ2v) is 7.45. The Morgan fingerprint density at radius 3 is 2.35 bits per heavy atom. The first-order chi connectivity index (χ1) is 12.8. The molecule has 0 bridgehead atoms. The van der Waals surface area contributed by atoms with Gasteiger partial charge in [-0.05, 0) is 66.5 Å². The van der Waals surface area contributed by atoms with Crippen LogP contribution in [0.4, 0.5) is 0 Å². The number of hydrogen-bond acceptors (Lipinski definition) is 1. The van der Waals surface area contributed by atoms with Crippen molar-refractivity contribution in [2.75, 3.05) is 6.54 Å². The lowest BCUT2D eigenvalue weighted by molar-refractivity contribution is 0.359. The van der Waals surface area contributed by atoms with Gasteiger partial charge in [0.15, 0.2) is 0 Å². The largest absolute Gasteiger partial charge is 0.314 e. The number of piperidine rings is 1. The first-order valence-electron chi connectivity index (χ1n) is 9.73. The second-order valence-electron chi connectivity index (χ2n) is 7.45. The Balaban J connectivity index is 1.55. The number of rotatable bonds is 4. The standard InChI is InChI=1S/C25H27N/c1-19-24(21-11-6-3-7-12-21)13-8-14-25(19)22-15-16-26-23(18-22)17-20-9-4-2-5-10-20/h2-14,22-23,26H,15-18H2,1H3. The van der Waals surface area contributed by atoms with Crippen molar-refractivity contribution in [1.29, 1.82) is 0 Å². The molecule has 0 aliphatic carbocycles. The lowest BCUT2D eigenvalue weighted by Crippen LogP contribution is -2.38. The highest BCUT2D eigenvalue weighted by molar-refractivity contribution is 5.68. The third-order valence-electron chi connectivity index (χ3n) is 5.72. The van der Waals surface area contributed by atoms with Gasteiger partial charge in [0.1, 0.15) is 0 Å². The van der Waals surface area contributed by atoms with Crippen LogP contribution in [-0.4, -0.2) is 12.6 Å². The molecule has 2 unspecified atom stereocenters. The van der Waals surface area contributed by atoms with Crippen LogP contribution in [0.1, 0.15) is 35.4 Å². The van der Waals surface area contributed by atoms with Crippen molar-refractivity contribution >= 4 is 0 Å². The molecule has 1 aliphatic heterocycles. The topological polar surface area (TPSA) is 12.0 Å². The Morgan fingerprint density at radius 2 is 1.58 bits per heavy atom. The highest BCUT2D eigenvalue weighted by Gasteiger charge is 2.24. The van der Waals surface area contributed by atoms with Crippen LogP contribution >= 0.6 is 0 Å². The van der Waals surface area contributed by atoms with Crippen molar-refractivity contribution in [3.05, 3.63) is 95.6 Å². The summed E-state index contributed by atoms with van der Waals surface area (Å²) < 4.78 is 0. The molecule has 0 saturated carbocycles. The average Bonchev–Trinajstić information content (AvgIpc) is 2.70. The summed E-state index contributed by atoms with van der Waals surface area (Å²) in [5.74, 6) is 0.647. The highest BCUT2D eigenvalue weighted by Crippen LogP contribution is 2.35. The molecule has 3 aromatic rings. The van der Waals surface area contributed by atoms with Gasteiger partial charge in [0, 0.05) is 6.04 Å². The van der Waals surface area contributed by atoms with E-state index < -0.39 is 0 Å². The SMILES string of the molecule is Cc1c(-c2ccccc2)cccc1C1CCNC(Cc2ccccc2)C1. The summed E-state index contributed by atoms with van der Waals surface area (Å²) >= 11 is 0. The minimum Gasteiger partial charge on any atom is -0.314 e. The number of hydrogen-bond donors (Lipinski definition) is 1. The van der Waals surface area contributed by atoms with E-state index in [1.165, 1.54) is 40.7 Å². The van der Waals surface area contributed by atoms with Gasteiger partial charge in [-0.3, -0.25) is 0 Å². The van der Waals surface area contributed by atoms with Gasteiger partial charge in [-0.2, -0.15) is 0 Å². The van der Waals surface area contributed by atoms with Gasteiger partial charge in [0.25, 0.3) is 0 Å². The highest BCUT2D eigenvalue weighted by atomic mass is 14.9. The summed E-state index contributed by atoms with van der Waals surface area (Å²) in [6.07, 6.45) is 3.56. The summed E-state index contributed by atoms with van der Waals surface area (Å²) in [4.78, 5) is 0. The molecule has 1 nitrogen and oxygen atoms in total. The van der Waals surface area contributed by atoms with Crippen LogP contribution in [0.25, 0.3) is 11.1 Å². The van der Waals surface area contributed by atoms with Crippen LogP contribution in [0.15, 0.2) is 78.9 Å². The fourth-order valence-corrected chi connectivity index (χ4v) is 4.37. The van der Waals surface area contributed by atoms with Gasteiger partial charge >= 0.3 is 0 Å². The zero-order valence-electron chi connectivity index (χ0n) is 15.5. The average molecular weight is 341 g/mol. The summed E-state index contributed by atoms with van der Waals surface area (Å²) in [6.45, 7) is 3.41. The molecular weight excluding hydrogens is 314 g/mol. The number of benzene rings is 3. The molecule has 3 aromatic carbocycles. The molecule has 1 N–H and O–H groups in total. The first-order valence-corrected chi connectivity index (χ1v) is 9.73. The molecule has 0 spiro atoms. The Hall–Kier alpha value is -2.38. The van der Waals surface area contributed by atoms with Crippen molar-refractivity contribution < 1.29 is 0 Å². The second kappa shape index (κ2) is 7.88. The summed E-state index contributed by atoms with van der Waals surface area (Å²) in [6, 6.07) is 29.0. The van der Waals surface area contributed by atoms with Gasteiger partial charge in [-0.25, -0.2) is 0 Å². The van der Waals surface area contributed by atoms with Gasteiger partial charge in [0.05, 0.1) is 0 Å². The first kappa shape index (κ1) is 17.1. The predicted octanol–water partition coefficient (Wildman–Crippen LogP) is 5.74. The van der Waals surface area contributed by atoms with Crippen molar-refractivity contribution in [2.24, 2.45) is 0 Å². The van der Waals surface area contributed by atoms with Gasteiger partial charge in [0.2, 0.25) is 0 Å². The van der Waals surface area contributed by atoms with E-state index in [-0.39, 0.29) is 0 Å². The quantitative estimate of drug-likeness (QED) is 0.638. The maximum atomic E-state index is 3.73. The summed E-state index contributed by atoms with van der Waals surface area (Å²) in [5.41, 5.74) is 7.11. The summed E-state index contributed by atoms with van der Waals surface area (Å²) in [5, 5.41) is 3.73. The Labute approximate surface area is 157 Å². The Bertz CT molecular complexity index is 839. The Kier molecular flexibility index (Phi) is 5.17. The van der Waals surface area contributed by atoms with Crippen LogP contribution in [0.5, 0.6) is 0 Å². The molecule has 132 valence electrons. The maximum Gasteiger partial charge on any atom is 0.0113 e. The molecule has 0 radical (unpaired) electrons. The van der Waals surface area contributed by atoms with E-state index >= 15 is 0 Å². The third-order valence-corrected chi connectivity index (χ3v) is 5.72. The van der Waals surface area contributed by atoms with Gasteiger partial charge in [-0.15, -0.1) is 0 Å². The molecule has 1 fully saturated rings. The van der Waals surface area contributed by atoms with E-state index in [1.54, 1.807) is 0 Å². The van der Waals surface area contributed by atoms with Crippen LogP contribution < -0.4 is 5.32 Å². The monoisotopic (exact) mass is 341 g/mol. The third kappa shape index (κ3) is 3.73. The molecule has 1 heteroatoms. The van der Waals surface area contributed by atoms with Crippen molar-refractivity contribution in [1.82, 2.24) is 5.32 Å². The molecular formula is C25H27N. The van der Waals surface area contributed by atoms with E-state index in [4.69, 9.17) is 0 Å². The van der Waals surface area contributed by atoms with E-state index in [0.29, 0.717) is 12.0 Å². The fraction of sp³-hybridized carbons (Fsp3) is 0.280. The molecule has 4 rings (SSSR count). The van der Waals surface area contributed by atoms with E-state index in [1.807, 2.05) is 0 Å². The molecule has 1 aliphatic rings. The minimum atomic E-state index is 0.566. The molecule has 1 heterocycles. The van der Waals surface area contributed by atoms with Gasteiger partial charge < -0.3 is 5.32 Å². The molecule has 1 saturated heterocycles. The van der Waals surface area contributed by atoms with Crippen LogP contribution in [0.3, 0.4) is 0 Å². The Morgan fingerprint density at radius 1 is 0.846 bits per heavy atom. The molecule has 26 heavy (non-hydrogen) atoms. The van der Waals surface area contributed by atoms with Gasteiger partial charge in [-0.1, -0.05) is 78.9 Å². The molecule has 2 atom stereocenters. The lowest BCUT2D eigenvalue weighted by atomic mass is 9.81. The zero-order chi connectivity index (χ0) is 17.8. The van der Waals surface area contributed by atoms with E-state index in [2.05, 4.69) is 91.1 Å². The summed E-state index contributed by atoms with van der Waals surface area (Å²) in [7, 11) is 0. The smallest absolute Gasteiger partial charge is 0.0113 e. The van der Waals surface area contributed by atoms with Crippen molar-refractivity contribution in [3.8, 4) is 11.1 Å². The molecule has 0 amide bonds. The fourth-order valence-electron chi connectivity index (χ4n) is 4.37. The molecule has 0 aromatic heterocycles. The van der Waals surface area contributed by atoms with Crippen LogP contribution in [0.2, 0.25) is 0 Å². The maximum absolute atomic E-state index is 3.73. The minimum absolute atomic E-state index is 0.566. The van der Waals surface area contributed by atoms with Crippen LogP contribution in [0, 0.1) is 6.92 Å². The van der Waals surface area contributed by atoms with Crippen molar-refractivity contribution in [2.45, 2.75) is 38.1 Å². The zero-order valence-corrected chi connectivity index (χ0v) is 15.5. The predicted molar refractivity (Wildman–Crippen MR) is 111 cm³/mol. The number of nitrogens with one attached hydrogen (secondary N) is 1. The lowest BCUT2D eigenvalue weighted by Gasteiger charge is -2.32. The van der Waals surface area contributed by atoms with Crippen molar-refractivity contribution in [3.63, 3.8) is 0 Å². The van der Waals surface area contributed by atoms with Crippen LogP contribution in [-0.2, 0) is 6.42 Å².